The summed E-state index contributed by atoms with van der Waals surface area (Å²) in [6, 6.07) is 8.63. The van der Waals surface area contributed by atoms with Crippen molar-refractivity contribution in [3.05, 3.63) is 34.9 Å². The monoisotopic (exact) mass is 463 g/mol. The van der Waals surface area contributed by atoms with E-state index in [-0.39, 0.29) is 29.4 Å². The summed E-state index contributed by atoms with van der Waals surface area (Å²) in [5, 5.41) is 4.14. The van der Waals surface area contributed by atoms with Crippen LogP contribution in [0.1, 0.15) is 44.1 Å². The van der Waals surface area contributed by atoms with Gasteiger partial charge >= 0.3 is 0 Å². The Labute approximate surface area is 166 Å². The molecular formula is C18H27ClIN3O. The van der Waals surface area contributed by atoms with Crippen LogP contribution in [-0.2, 0) is 10.2 Å². The highest BCUT2D eigenvalue weighted by atomic mass is 127. The molecular weight excluding hydrogens is 437 g/mol. The van der Waals surface area contributed by atoms with Crippen molar-refractivity contribution in [2.75, 3.05) is 19.8 Å². The van der Waals surface area contributed by atoms with Gasteiger partial charge in [0.05, 0.1) is 6.54 Å². The van der Waals surface area contributed by atoms with E-state index in [1.165, 1.54) is 31.2 Å². The van der Waals surface area contributed by atoms with Gasteiger partial charge in [-0.15, -0.1) is 24.0 Å². The second-order valence-corrected chi connectivity index (χ2v) is 7.17. The van der Waals surface area contributed by atoms with Crippen molar-refractivity contribution in [2.45, 2.75) is 50.0 Å². The highest BCUT2D eigenvalue weighted by Gasteiger charge is 2.34. The smallest absolute Gasteiger partial charge is 0.188 e. The van der Waals surface area contributed by atoms with E-state index in [1.54, 1.807) is 0 Å². The maximum atomic E-state index is 6.20. The summed E-state index contributed by atoms with van der Waals surface area (Å²) in [5.41, 5.74) is 7.34. The molecule has 1 saturated heterocycles. The average Bonchev–Trinajstić information content (AvgIpc) is 3.07. The van der Waals surface area contributed by atoms with E-state index in [0.29, 0.717) is 18.5 Å². The number of benzene rings is 1. The van der Waals surface area contributed by atoms with Crippen LogP contribution in [-0.4, -0.2) is 31.8 Å². The van der Waals surface area contributed by atoms with Gasteiger partial charge in [-0.05, 0) is 43.4 Å². The van der Waals surface area contributed by atoms with E-state index < -0.39 is 0 Å². The molecule has 0 atom stereocenters. The summed E-state index contributed by atoms with van der Waals surface area (Å²) in [6.45, 7) is 2.21. The number of nitrogens with one attached hydrogen (secondary N) is 1. The number of aliphatic imine (C=N–C) groups is 1. The molecule has 1 heterocycles. The van der Waals surface area contributed by atoms with E-state index in [0.717, 1.165) is 31.1 Å². The number of halogens is 2. The normalized spacial score (nSPS) is 21.3. The minimum Gasteiger partial charge on any atom is -0.381 e. The molecule has 2 fully saturated rings. The SMILES string of the molecule is I.NC(=NCC1(c2cccc(Cl)c2)CCOCC1)NC1CCCC1. The number of hydrogen-bond acceptors (Lipinski definition) is 2. The molecule has 6 heteroatoms. The molecule has 2 aliphatic rings. The van der Waals surface area contributed by atoms with Gasteiger partial charge in [-0.25, -0.2) is 0 Å². The van der Waals surface area contributed by atoms with E-state index >= 15 is 0 Å². The summed E-state index contributed by atoms with van der Waals surface area (Å²) in [5.74, 6) is 0.574. The summed E-state index contributed by atoms with van der Waals surface area (Å²) >= 11 is 6.20. The van der Waals surface area contributed by atoms with Crippen LogP contribution in [0.4, 0.5) is 0 Å². The Kier molecular flexibility index (Phi) is 7.62. The lowest BCUT2D eigenvalue weighted by Crippen LogP contribution is -2.41. The summed E-state index contributed by atoms with van der Waals surface area (Å²) < 4.78 is 5.56. The lowest BCUT2D eigenvalue weighted by Gasteiger charge is -2.36. The standard InChI is InChI=1S/C18H26ClN3O.HI/c19-15-5-3-4-14(12-15)18(8-10-23-11-9-18)13-21-17(20)22-16-6-1-2-7-16;/h3-5,12,16H,1-2,6-11,13H2,(H3,20,21,22);1H. The second-order valence-electron chi connectivity index (χ2n) is 6.73. The first kappa shape index (κ1) is 19.8. The molecule has 0 aromatic heterocycles. The lowest BCUT2D eigenvalue weighted by atomic mass is 9.74. The average molecular weight is 464 g/mol. The highest BCUT2D eigenvalue weighted by Crippen LogP contribution is 2.36. The largest absolute Gasteiger partial charge is 0.381 e. The molecule has 0 amide bonds. The number of guanidine groups is 1. The molecule has 1 aromatic rings. The molecule has 1 saturated carbocycles. The van der Waals surface area contributed by atoms with E-state index in [4.69, 9.17) is 22.1 Å². The third-order valence-corrected chi connectivity index (χ3v) is 5.38. The van der Waals surface area contributed by atoms with Gasteiger partial charge in [-0.2, -0.15) is 0 Å². The van der Waals surface area contributed by atoms with Crippen LogP contribution < -0.4 is 11.1 Å². The zero-order valence-corrected chi connectivity index (χ0v) is 17.1. The highest BCUT2D eigenvalue weighted by molar-refractivity contribution is 14.0. The third kappa shape index (κ3) is 4.99. The maximum absolute atomic E-state index is 6.20. The number of nitrogens with zero attached hydrogens (tertiary/aromatic N) is 1. The van der Waals surface area contributed by atoms with Crippen molar-refractivity contribution in [1.82, 2.24) is 5.32 Å². The molecule has 134 valence electrons. The predicted octanol–water partition coefficient (Wildman–Crippen LogP) is 3.85. The summed E-state index contributed by atoms with van der Waals surface area (Å²) in [4.78, 5) is 4.67. The Hall–Kier alpha value is -0.530. The Morgan fingerprint density at radius 3 is 2.67 bits per heavy atom. The van der Waals surface area contributed by atoms with Crippen molar-refractivity contribution >= 4 is 41.5 Å². The van der Waals surface area contributed by atoms with Crippen molar-refractivity contribution in [2.24, 2.45) is 10.7 Å². The summed E-state index contributed by atoms with van der Waals surface area (Å²) in [7, 11) is 0. The fourth-order valence-corrected chi connectivity index (χ4v) is 3.87. The molecule has 1 aliphatic carbocycles. The van der Waals surface area contributed by atoms with E-state index in [2.05, 4.69) is 22.4 Å². The van der Waals surface area contributed by atoms with Gasteiger partial charge < -0.3 is 15.8 Å². The maximum Gasteiger partial charge on any atom is 0.188 e. The van der Waals surface area contributed by atoms with Gasteiger partial charge in [0.2, 0.25) is 0 Å². The number of rotatable bonds is 4. The second kappa shape index (κ2) is 9.25. The zero-order chi connectivity index (χ0) is 16.1. The fraction of sp³-hybridized carbons (Fsp3) is 0.611. The molecule has 0 spiro atoms. The minimum atomic E-state index is -0.0227. The van der Waals surface area contributed by atoms with Crippen molar-refractivity contribution < 1.29 is 4.74 Å². The number of hydrogen-bond donors (Lipinski definition) is 2. The van der Waals surface area contributed by atoms with Crippen LogP contribution in [0, 0.1) is 0 Å². The van der Waals surface area contributed by atoms with Gasteiger partial charge in [-0.3, -0.25) is 4.99 Å². The van der Waals surface area contributed by atoms with E-state index in [9.17, 15) is 0 Å². The van der Waals surface area contributed by atoms with Crippen LogP contribution in [0.3, 0.4) is 0 Å². The van der Waals surface area contributed by atoms with Crippen LogP contribution in [0.25, 0.3) is 0 Å². The molecule has 0 unspecified atom stereocenters. The van der Waals surface area contributed by atoms with Crippen molar-refractivity contribution in [3.8, 4) is 0 Å². The van der Waals surface area contributed by atoms with Crippen LogP contribution in [0.2, 0.25) is 5.02 Å². The van der Waals surface area contributed by atoms with Gasteiger partial charge in [0.25, 0.3) is 0 Å². The third-order valence-electron chi connectivity index (χ3n) is 5.15. The molecule has 3 rings (SSSR count). The van der Waals surface area contributed by atoms with Crippen LogP contribution in [0.15, 0.2) is 29.3 Å². The minimum absolute atomic E-state index is 0. The fourth-order valence-electron chi connectivity index (χ4n) is 3.68. The van der Waals surface area contributed by atoms with Gasteiger partial charge in [0.1, 0.15) is 0 Å². The topological polar surface area (TPSA) is 59.6 Å². The zero-order valence-electron chi connectivity index (χ0n) is 14.0. The molecule has 0 radical (unpaired) electrons. The first-order valence-electron chi connectivity index (χ1n) is 8.58. The first-order chi connectivity index (χ1) is 11.2. The lowest BCUT2D eigenvalue weighted by molar-refractivity contribution is 0.0531. The Morgan fingerprint density at radius 2 is 2.00 bits per heavy atom. The number of ether oxygens (including phenoxy) is 1. The Balaban J connectivity index is 0.00000208. The van der Waals surface area contributed by atoms with Crippen LogP contribution >= 0.6 is 35.6 Å². The first-order valence-corrected chi connectivity index (χ1v) is 8.96. The molecule has 0 bridgehead atoms. The molecule has 4 nitrogen and oxygen atoms in total. The Morgan fingerprint density at radius 1 is 1.29 bits per heavy atom. The van der Waals surface area contributed by atoms with Crippen molar-refractivity contribution in [3.63, 3.8) is 0 Å². The Bertz CT molecular complexity index is 555. The molecule has 1 aromatic carbocycles. The number of nitrogens with two attached hydrogens (primary N) is 1. The summed E-state index contributed by atoms with van der Waals surface area (Å²) in [6.07, 6.45) is 6.87. The molecule has 1 aliphatic heterocycles. The van der Waals surface area contributed by atoms with Gasteiger partial charge in [0.15, 0.2) is 5.96 Å². The quantitative estimate of drug-likeness (QED) is 0.405. The predicted molar refractivity (Wildman–Crippen MR) is 110 cm³/mol. The van der Waals surface area contributed by atoms with E-state index in [1.807, 2.05) is 12.1 Å². The molecule has 3 N–H and O–H groups in total. The van der Waals surface area contributed by atoms with Crippen LogP contribution in [0.5, 0.6) is 0 Å². The van der Waals surface area contributed by atoms with Crippen molar-refractivity contribution in [1.29, 1.82) is 0 Å². The molecule has 24 heavy (non-hydrogen) atoms. The van der Waals surface area contributed by atoms with Gasteiger partial charge in [0, 0.05) is 29.7 Å². The van der Waals surface area contributed by atoms with Gasteiger partial charge in [-0.1, -0.05) is 36.6 Å².